The molecule has 0 unspecified atom stereocenters. The van der Waals surface area contributed by atoms with Gasteiger partial charge in [0.1, 0.15) is 0 Å². The van der Waals surface area contributed by atoms with Crippen LogP contribution in [0.2, 0.25) is 0 Å². The molecule has 0 heteroatoms. The maximum absolute atomic E-state index is 2.41. The summed E-state index contributed by atoms with van der Waals surface area (Å²) >= 11 is 0. The van der Waals surface area contributed by atoms with Crippen LogP contribution in [0, 0.1) is 0 Å². The van der Waals surface area contributed by atoms with Crippen molar-refractivity contribution in [1.29, 1.82) is 0 Å². The molecule has 0 heterocycles. The van der Waals surface area contributed by atoms with Crippen molar-refractivity contribution in [3.8, 4) is 0 Å². The van der Waals surface area contributed by atoms with Crippen LogP contribution in [0.3, 0.4) is 0 Å². The fourth-order valence-corrected chi connectivity index (χ4v) is 4.04. The molecule has 0 aliphatic rings. The van der Waals surface area contributed by atoms with E-state index in [1.165, 1.54) is 22.3 Å². The number of rotatable bonds is 3. The molecule has 2 aromatic rings. The van der Waals surface area contributed by atoms with Crippen molar-refractivity contribution < 1.29 is 0 Å². The van der Waals surface area contributed by atoms with Gasteiger partial charge in [0, 0.05) is 0 Å². The molecule has 2 rings (SSSR count). The van der Waals surface area contributed by atoms with Gasteiger partial charge >= 0.3 is 0 Å². The SMILES string of the molecule is CC(C)(C)c1ccccc1C(C)(C)C(C)(C)c1ccccc1C(C)(C)C. The summed E-state index contributed by atoms with van der Waals surface area (Å²) in [7, 11) is 0. The van der Waals surface area contributed by atoms with E-state index in [0.29, 0.717) is 0 Å². The van der Waals surface area contributed by atoms with Gasteiger partial charge in [0.2, 0.25) is 0 Å². The van der Waals surface area contributed by atoms with Crippen LogP contribution in [0.1, 0.15) is 91.5 Å². The van der Waals surface area contributed by atoms with E-state index in [9.17, 15) is 0 Å². The minimum Gasteiger partial charge on any atom is -0.0620 e. The first-order valence-electron chi connectivity index (χ1n) is 9.90. The van der Waals surface area contributed by atoms with Crippen molar-refractivity contribution >= 4 is 0 Å². The fourth-order valence-electron chi connectivity index (χ4n) is 4.04. The van der Waals surface area contributed by atoms with Crippen molar-refractivity contribution in [3.05, 3.63) is 70.8 Å². The van der Waals surface area contributed by atoms with Gasteiger partial charge in [0.05, 0.1) is 0 Å². The first-order chi connectivity index (χ1) is 11.7. The molecule has 142 valence electrons. The maximum atomic E-state index is 2.41. The van der Waals surface area contributed by atoms with Crippen LogP contribution in [0.5, 0.6) is 0 Å². The molecule has 26 heavy (non-hydrogen) atoms. The molecule has 0 saturated heterocycles. The van der Waals surface area contributed by atoms with Crippen molar-refractivity contribution in [1.82, 2.24) is 0 Å². The van der Waals surface area contributed by atoms with Crippen molar-refractivity contribution in [2.45, 2.75) is 90.9 Å². The van der Waals surface area contributed by atoms with Gasteiger partial charge in [-0.2, -0.15) is 0 Å². The molecule has 0 radical (unpaired) electrons. The van der Waals surface area contributed by atoms with Gasteiger partial charge in [-0.05, 0) is 43.9 Å². The Morgan fingerprint density at radius 1 is 0.385 bits per heavy atom. The molecule has 0 aromatic heterocycles. The molecular weight excluding hydrogens is 312 g/mol. The Kier molecular flexibility index (Phi) is 5.23. The summed E-state index contributed by atoms with van der Waals surface area (Å²) in [4.78, 5) is 0. The van der Waals surface area contributed by atoms with E-state index in [1.54, 1.807) is 0 Å². The van der Waals surface area contributed by atoms with E-state index in [4.69, 9.17) is 0 Å². The molecule has 0 atom stereocenters. The fraction of sp³-hybridized carbons (Fsp3) is 0.538. The first-order valence-corrected chi connectivity index (χ1v) is 9.90. The van der Waals surface area contributed by atoms with Gasteiger partial charge < -0.3 is 0 Å². The second-order valence-corrected chi connectivity index (χ2v) is 10.8. The molecule has 0 aliphatic carbocycles. The van der Waals surface area contributed by atoms with Gasteiger partial charge in [-0.1, -0.05) is 118 Å². The second kappa shape index (κ2) is 6.55. The molecule has 0 N–H and O–H groups in total. The Bertz CT molecular complexity index is 694. The summed E-state index contributed by atoms with van der Waals surface area (Å²) in [6.45, 7) is 23.6. The van der Waals surface area contributed by atoms with Gasteiger partial charge in [-0.3, -0.25) is 0 Å². The average Bonchev–Trinajstić information content (AvgIpc) is 2.53. The summed E-state index contributed by atoms with van der Waals surface area (Å²) < 4.78 is 0. The Hall–Kier alpha value is -1.56. The molecule has 0 bridgehead atoms. The largest absolute Gasteiger partial charge is 0.0620 e. The predicted molar refractivity (Wildman–Crippen MR) is 116 cm³/mol. The predicted octanol–water partition coefficient (Wildman–Crippen LogP) is 7.54. The summed E-state index contributed by atoms with van der Waals surface area (Å²) in [6, 6.07) is 18.0. The molecular formula is C26H38. The van der Waals surface area contributed by atoms with Crippen LogP contribution in [-0.2, 0) is 21.7 Å². The lowest BCUT2D eigenvalue weighted by Crippen LogP contribution is -2.43. The van der Waals surface area contributed by atoms with E-state index < -0.39 is 0 Å². The highest BCUT2D eigenvalue weighted by molar-refractivity contribution is 5.46. The van der Waals surface area contributed by atoms with Crippen molar-refractivity contribution in [3.63, 3.8) is 0 Å². The minimum absolute atomic E-state index is 0.00176. The maximum Gasteiger partial charge on any atom is -0.000901 e. The van der Waals surface area contributed by atoms with Crippen LogP contribution < -0.4 is 0 Å². The molecule has 0 aliphatic heterocycles. The summed E-state index contributed by atoms with van der Waals surface area (Å²) in [5, 5.41) is 0. The third kappa shape index (κ3) is 3.61. The zero-order chi connectivity index (χ0) is 20.0. The highest BCUT2D eigenvalue weighted by atomic mass is 14.5. The highest BCUT2D eigenvalue weighted by Crippen LogP contribution is 2.48. The number of benzene rings is 2. The van der Waals surface area contributed by atoms with Crippen LogP contribution in [0.4, 0.5) is 0 Å². The third-order valence-corrected chi connectivity index (χ3v) is 6.38. The Balaban J connectivity index is 2.71. The average molecular weight is 351 g/mol. The van der Waals surface area contributed by atoms with Gasteiger partial charge in [-0.25, -0.2) is 0 Å². The van der Waals surface area contributed by atoms with E-state index in [2.05, 4.69) is 118 Å². The van der Waals surface area contributed by atoms with Crippen LogP contribution in [-0.4, -0.2) is 0 Å². The smallest absolute Gasteiger partial charge is 0.000901 e. The van der Waals surface area contributed by atoms with Gasteiger partial charge in [-0.15, -0.1) is 0 Å². The standard InChI is InChI=1S/C26H38/c1-23(2,3)19-15-11-13-17-21(19)25(7,8)26(9,10)22-18-14-12-16-20(22)24(4,5)6/h11-18H,1-10H3. The summed E-state index contributed by atoms with van der Waals surface area (Å²) in [6.07, 6.45) is 0. The van der Waals surface area contributed by atoms with Crippen LogP contribution >= 0.6 is 0 Å². The quantitative estimate of drug-likeness (QED) is 0.536. The molecule has 0 spiro atoms. The Morgan fingerprint density at radius 2 is 0.615 bits per heavy atom. The molecule has 0 fully saturated rings. The molecule has 0 nitrogen and oxygen atoms in total. The zero-order valence-electron chi connectivity index (χ0n) is 18.6. The molecule has 0 saturated carbocycles. The monoisotopic (exact) mass is 350 g/mol. The first kappa shape index (κ1) is 20.7. The van der Waals surface area contributed by atoms with E-state index >= 15 is 0 Å². The van der Waals surface area contributed by atoms with Gasteiger partial charge in [0.15, 0.2) is 0 Å². The molecule has 0 amide bonds. The lowest BCUT2D eigenvalue weighted by Gasteiger charge is -2.47. The van der Waals surface area contributed by atoms with Crippen molar-refractivity contribution in [2.75, 3.05) is 0 Å². The highest BCUT2D eigenvalue weighted by Gasteiger charge is 2.43. The number of hydrogen-bond donors (Lipinski definition) is 0. The van der Waals surface area contributed by atoms with E-state index in [-0.39, 0.29) is 21.7 Å². The summed E-state index contributed by atoms with van der Waals surface area (Å²) in [5.41, 5.74) is 6.08. The third-order valence-electron chi connectivity index (χ3n) is 6.38. The lowest BCUT2D eigenvalue weighted by atomic mass is 9.57. The van der Waals surface area contributed by atoms with E-state index in [1.807, 2.05) is 0 Å². The van der Waals surface area contributed by atoms with Crippen molar-refractivity contribution in [2.24, 2.45) is 0 Å². The second-order valence-electron chi connectivity index (χ2n) is 10.8. The van der Waals surface area contributed by atoms with Crippen LogP contribution in [0.15, 0.2) is 48.5 Å². The topological polar surface area (TPSA) is 0 Å². The summed E-state index contributed by atoms with van der Waals surface area (Å²) in [5.74, 6) is 0. The Morgan fingerprint density at radius 3 is 0.846 bits per heavy atom. The zero-order valence-corrected chi connectivity index (χ0v) is 18.6. The molecule has 2 aromatic carbocycles. The lowest BCUT2D eigenvalue weighted by molar-refractivity contribution is 0.293. The van der Waals surface area contributed by atoms with E-state index in [0.717, 1.165) is 0 Å². The minimum atomic E-state index is -0.00176. The normalized spacial score (nSPS) is 13.8. The number of hydrogen-bond acceptors (Lipinski definition) is 0. The Labute approximate surface area is 162 Å². The van der Waals surface area contributed by atoms with Gasteiger partial charge in [0.25, 0.3) is 0 Å². The van der Waals surface area contributed by atoms with Crippen LogP contribution in [0.25, 0.3) is 0 Å².